The third kappa shape index (κ3) is 4.59. The van der Waals surface area contributed by atoms with Crippen LogP contribution in [0.1, 0.15) is 41.2 Å². The lowest BCUT2D eigenvalue weighted by molar-refractivity contribution is 0.0735. The van der Waals surface area contributed by atoms with Gasteiger partial charge >= 0.3 is 0 Å². The van der Waals surface area contributed by atoms with Crippen LogP contribution in [0.2, 0.25) is 0 Å². The third-order valence-corrected chi connectivity index (χ3v) is 7.48. The molecule has 2 aliphatic rings. The van der Waals surface area contributed by atoms with Gasteiger partial charge in [0.05, 0.1) is 24.2 Å². The summed E-state index contributed by atoms with van der Waals surface area (Å²) < 4.78 is 39.5. The third-order valence-electron chi connectivity index (χ3n) is 6.09. The van der Waals surface area contributed by atoms with Crippen molar-refractivity contribution in [3.05, 3.63) is 83.9 Å². The van der Waals surface area contributed by atoms with Gasteiger partial charge in [0, 0.05) is 24.2 Å². The maximum absolute atomic E-state index is 13.5. The summed E-state index contributed by atoms with van der Waals surface area (Å²) in [6, 6.07) is 20.6. The second-order valence-corrected chi connectivity index (χ2v) is 10.1. The maximum Gasteiger partial charge on any atom is 0.261 e. The molecule has 0 aliphatic carbocycles. The molecule has 0 saturated carbocycles. The van der Waals surface area contributed by atoms with E-state index in [4.69, 9.17) is 9.47 Å². The second kappa shape index (κ2) is 9.38. The van der Waals surface area contributed by atoms with Crippen molar-refractivity contribution in [2.45, 2.75) is 30.2 Å². The van der Waals surface area contributed by atoms with E-state index in [9.17, 15) is 13.2 Å². The number of likely N-dealkylation sites (tertiary alicyclic amines) is 1. The van der Waals surface area contributed by atoms with Crippen LogP contribution in [0.5, 0.6) is 11.5 Å². The SMILES string of the molecule is O=C(c1cccc(NS(=O)(=O)c2ccccc2)c1)N1CCCC1c1ccc2c(c1)OCCCO2. The van der Waals surface area contributed by atoms with Gasteiger partial charge in [-0.2, -0.15) is 0 Å². The van der Waals surface area contributed by atoms with Crippen LogP contribution in [0, 0.1) is 0 Å². The summed E-state index contributed by atoms with van der Waals surface area (Å²) in [4.78, 5) is 15.5. The molecule has 1 unspecified atom stereocenters. The summed E-state index contributed by atoms with van der Waals surface area (Å²) in [5.74, 6) is 1.32. The van der Waals surface area contributed by atoms with E-state index >= 15 is 0 Å². The second-order valence-electron chi connectivity index (χ2n) is 8.41. The molecule has 2 aliphatic heterocycles. The van der Waals surface area contributed by atoms with E-state index in [-0.39, 0.29) is 16.8 Å². The number of hydrogen-bond donors (Lipinski definition) is 1. The van der Waals surface area contributed by atoms with Crippen molar-refractivity contribution < 1.29 is 22.7 Å². The van der Waals surface area contributed by atoms with Gasteiger partial charge in [-0.3, -0.25) is 9.52 Å². The lowest BCUT2D eigenvalue weighted by Gasteiger charge is -2.26. The van der Waals surface area contributed by atoms with Crippen LogP contribution in [0.3, 0.4) is 0 Å². The Morgan fingerprint density at radius 3 is 2.50 bits per heavy atom. The Labute approximate surface area is 199 Å². The van der Waals surface area contributed by atoms with Crippen molar-refractivity contribution in [1.29, 1.82) is 0 Å². The molecule has 5 rings (SSSR count). The number of carbonyl (C=O) groups is 1. The van der Waals surface area contributed by atoms with Crippen LogP contribution in [-0.2, 0) is 10.0 Å². The van der Waals surface area contributed by atoms with Gasteiger partial charge in [0.25, 0.3) is 15.9 Å². The van der Waals surface area contributed by atoms with Gasteiger partial charge in [-0.1, -0.05) is 30.3 Å². The predicted octanol–water partition coefficient (Wildman–Crippen LogP) is 4.63. The van der Waals surface area contributed by atoms with Gasteiger partial charge in [-0.25, -0.2) is 8.42 Å². The van der Waals surface area contributed by atoms with Crippen molar-refractivity contribution >= 4 is 21.6 Å². The fraction of sp³-hybridized carbons (Fsp3) is 0.269. The van der Waals surface area contributed by atoms with Gasteiger partial charge in [-0.15, -0.1) is 0 Å². The van der Waals surface area contributed by atoms with Crippen LogP contribution >= 0.6 is 0 Å². The maximum atomic E-state index is 13.5. The highest BCUT2D eigenvalue weighted by molar-refractivity contribution is 7.92. The number of anilines is 1. The van der Waals surface area contributed by atoms with Crippen LogP contribution < -0.4 is 14.2 Å². The molecule has 1 atom stereocenters. The zero-order chi connectivity index (χ0) is 23.5. The molecule has 1 amide bonds. The van der Waals surface area contributed by atoms with Crippen LogP contribution in [0.25, 0.3) is 0 Å². The molecule has 0 radical (unpaired) electrons. The van der Waals surface area contributed by atoms with Gasteiger partial charge in [0.15, 0.2) is 11.5 Å². The van der Waals surface area contributed by atoms with Crippen LogP contribution in [0.4, 0.5) is 5.69 Å². The molecule has 1 N–H and O–H groups in total. The highest BCUT2D eigenvalue weighted by atomic mass is 32.2. The van der Waals surface area contributed by atoms with Gasteiger partial charge in [0.2, 0.25) is 0 Å². The topological polar surface area (TPSA) is 84.9 Å². The monoisotopic (exact) mass is 478 g/mol. The lowest BCUT2D eigenvalue weighted by Crippen LogP contribution is -2.30. The summed E-state index contributed by atoms with van der Waals surface area (Å²) in [5.41, 5.74) is 1.80. The Morgan fingerprint density at radius 2 is 1.68 bits per heavy atom. The van der Waals surface area contributed by atoms with Gasteiger partial charge < -0.3 is 14.4 Å². The Balaban J connectivity index is 1.37. The van der Waals surface area contributed by atoms with Crippen LogP contribution in [-0.4, -0.2) is 39.0 Å². The number of hydrogen-bond acceptors (Lipinski definition) is 5. The molecule has 176 valence electrons. The average molecular weight is 479 g/mol. The van der Waals surface area contributed by atoms with E-state index in [1.54, 1.807) is 42.5 Å². The number of ether oxygens (including phenoxy) is 2. The molecule has 0 spiro atoms. The molecule has 0 aromatic heterocycles. The van der Waals surface area contributed by atoms with E-state index in [0.29, 0.717) is 36.8 Å². The molecule has 1 saturated heterocycles. The van der Waals surface area contributed by atoms with Gasteiger partial charge in [-0.05, 0) is 60.9 Å². The van der Waals surface area contributed by atoms with Crippen LogP contribution in [0.15, 0.2) is 77.7 Å². The number of carbonyl (C=O) groups excluding carboxylic acids is 1. The molecule has 0 bridgehead atoms. The minimum atomic E-state index is -3.74. The van der Waals surface area contributed by atoms with Crippen molar-refractivity contribution in [2.24, 2.45) is 0 Å². The van der Waals surface area contributed by atoms with E-state index < -0.39 is 10.0 Å². The molecule has 3 aromatic rings. The van der Waals surface area contributed by atoms with E-state index in [0.717, 1.165) is 30.6 Å². The number of nitrogens with zero attached hydrogens (tertiary/aromatic N) is 1. The summed E-state index contributed by atoms with van der Waals surface area (Å²) in [7, 11) is -3.74. The smallest absolute Gasteiger partial charge is 0.261 e. The summed E-state index contributed by atoms with van der Waals surface area (Å²) in [6.07, 6.45) is 2.58. The highest BCUT2D eigenvalue weighted by Gasteiger charge is 2.31. The number of benzene rings is 3. The van der Waals surface area contributed by atoms with E-state index in [1.165, 1.54) is 12.1 Å². The predicted molar refractivity (Wildman–Crippen MR) is 129 cm³/mol. The Hall–Kier alpha value is -3.52. The molecule has 1 fully saturated rings. The molecule has 34 heavy (non-hydrogen) atoms. The van der Waals surface area contributed by atoms with E-state index in [2.05, 4.69) is 4.72 Å². The van der Waals surface area contributed by atoms with Crippen molar-refractivity contribution in [3.8, 4) is 11.5 Å². The zero-order valence-electron chi connectivity index (χ0n) is 18.6. The number of rotatable bonds is 5. The largest absolute Gasteiger partial charge is 0.490 e. The number of amides is 1. The molecule has 8 heteroatoms. The molecule has 7 nitrogen and oxygen atoms in total. The van der Waals surface area contributed by atoms with Crippen molar-refractivity contribution in [2.75, 3.05) is 24.5 Å². The first kappa shape index (κ1) is 22.3. The molecule has 2 heterocycles. The van der Waals surface area contributed by atoms with Crippen molar-refractivity contribution in [3.63, 3.8) is 0 Å². The number of fused-ring (bicyclic) bond motifs is 1. The Bertz CT molecular complexity index is 1290. The summed E-state index contributed by atoms with van der Waals surface area (Å²) >= 11 is 0. The Morgan fingerprint density at radius 1 is 0.882 bits per heavy atom. The molecule has 3 aromatic carbocycles. The van der Waals surface area contributed by atoms with Crippen molar-refractivity contribution in [1.82, 2.24) is 4.90 Å². The summed E-state index contributed by atoms with van der Waals surface area (Å²) in [5, 5.41) is 0. The summed E-state index contributed by atoms with van der Waals surface area (Å²) in [6.45, 7) is 1.87. The molecular formula is C26H26N2O5S. The zero-order valence-corrected chi connectivity index (χ0v) is 19.5. The number of nitrogens with one attached hydrogen (secondary N) is 1. The fourth-order valence-corrected chi connectivity index (χ4v) is 5.51. The van der Waals surface area contributed by atoms with E-state index in [1.807, 2.05) is 23.1 Å². The highest BCUT2D eigenvalue weighted by Crippen LogP contribution is 2.38. The standard InChI is InChI=1S/C26H26N2O5S/c29-26(20-7-4-8-21(17-20)27-34(30,31)22-9-2-1-3-10-22)28-14-5-11-23(28)19-12-13-24-25(18-19)33-16-6-15-32-24/h1-4,7-10,12-13,17-18,23,27H,5-6,11,14-16H2. The first-order chi connectivity index (χ1) is 16.5. The average Bonchev–Trinajstić information content (AvgIpc) is 3.22. The van der Waals surface area contributed by atoms with Gasteiger partial charge in [0.1, 0.15) is 0 Å². The minimum absolute atomic E-state index is 0.0747. The number of sulfonamides is 1. The first-order valence-corrected chi connectivity index (χ1v) is 12.9. The quantitative estimate of drug-likeness (QED) is 0.578. The first-order valence-electron chi connectivity index (χ1n) is 11.4. The molecular weight excluding hydrogens is 452 g/mol. The normalized spacial score (nSPS) is 17.8. The Kier molecular flexibility index (Phi) is 6.15. The fourth-order valence-electron chi connectivity index (χ4n) is 4.44. The minimum Gasteiger partial charge on any atom is -0.490 e. The lowest BCUT2D eigenvalue weighted by atomic mass is 10.0.